The second kappa shape index (κ2) is 6.06. The van der Waals surface area contributed by atoms with Gasteiger partial charge in [0.2, 0.25) is 0 Å². The molecule has 2 rings (SSSR count). The van der Waals surface area contributed by atoms with E-state index in [4.69, 9.17) is 0 Å². The second-order valence-electron chi connectivity index (χ2n) is 5.17. The van der Waals surface area contributed by atoms with E-state index in [9.17, 15) is 9.50 Å². The van der Waals surface area contributed by atoms with E-state index in [-0.39, 0.29) is 5.82 Å². The molecule has 0 aliphatic rings. The van der Waals surface area contributed by atoms with Crippen LogP contribution < -0.4 is 5.32 Å². The monoisotopic (exact) mass is 273 g/mol. The first-order valence-electron chi connectivity index (χ1n) is 6.73. The summed E-state index contributed by atoms with van der Waals surface area (Å²) in [6.45, 7) is 6.16. The number of benzene rings is 2. The van der Waals surface area contributed by atoms with Gasteiger partial charge >= 0.3 is 0 Å². The van der Waals surface area contributed by atoms with Crippen LogP contribution in [0.25, 0.3) is 0 Å². The van der Waals surface area contributed by atoms with Crippen molar-refractivity contribution in [2.24, 2.45) is 0 Å². The summed E-state index contributed by atoms with van der Waals surface area (Å²) in [5, 5.41) is 13.5. The summed E-state index contributed by atoms with van der Waals surface area (Å²) in [5.41, 5.74) is 4.61. The highest BCUT2D eigenvalue weighted by Crippen LogP contribution is 2.22. The van der Waals surface area contributed by atoms with E-state index in [1.807, 2.05) is 32.0 Å². The van der Waals surface area contributed by atoms with Gasteiger partial charge in [-0.1, -0.05) is 30.3 Å². The molecular formula is C17H20FNO. The number of anilines is 1. The van der Waals surface area contributed by atoms with Gasteiger partial charge in [0, 0.05) is 12.2 Å². The normalized spacial score (nSPS) is 12.2. The molecule has 20 heavy (non-hydrogen) atoms. The molecule has 1 atom stereocenters. The van der Waals surface area contributed by atoms with E-state index in [2.05, 4.69) is 5.32 Å². The number of hydrogen-bond donors (Lipinski definition) is 2. The standard InChI is InChI=1S/C17H20FNO/c1-11-5-4-6-12(2)17(11)19-10-16(20)14-7-8-15(18)13(3)9-14/h4-9,16,19-20H,10H2,1-3H3. The predicted molar refractivity (Wildman–Crippen MR) is 80.5 cm³/mol. The van der Waals surface area contributed by atoms with Gasteiger partial charge in [-0.25, -0.2) is 4.39 Å². The molecule has 0 spiro atoms. The minimum Gasteiger partial charge on any atom is -0.387 e. The highest BCUT2D eigenvalue weighted by Gasteiger charge is 2.10. The molecule has 0 amide bonds. The molecule has 0 saturated carbocycles. The molecule has 0 radical (unpaired) electrons. The van der Waals surface area contributed by atoms with Crippen molar-refractivity contribution in [3.8, 4) is 0 Å². The maximum atomic E-state index is 13.2. The van der Waals surface area contributed by atoms with Crippen LogP contribution >= 0.6 is 0 Å². The van der Waals surface area contributed by atoms with Crippen molar-refractivity contribution in [2.45, 2.75) is 26.9 Å². The summed E-state index contributed by atoms with van der Waals surface area (Å²) in [5.74, 6) is -0.247. The topological polar surface area (TPSA) is 32.3 Å². The quantitative estimate of drug-likeness (QED) is 0.885. The molecular weight excluding hydrogens is 253 g/mol. The van der Waals surface area contributed by atoms with Crippen molar-refractivity contribution in [3.05, 3.63) is 64.5 Å². The number of aliphatic hydroxyl groups is 1. The summed E-state index contributed by atoms with van der Waals surface area (Å²) in [4.78, 5) is 0. The van der Waals surface area contributed by atoms with Crippen LogP contribution in [0.4, 0.5) is 10.1 Å². The van der Waals surface area contributed by atoms with Crippen LogP contribution in [0.15, 0.2) is 36.4 Å². The lowest BCUT2D eigenvalue weighted by Gasteiger charge is -2.17. The van der Waals surface area contributed by atoms with Crippen LogP contribution in [0, 0.1) is 26.6 Å². The summed E-state index contributed by atoms with van der Waals surface area (Å²) >= 11 is 0. The Balaban J connectivity index is 2.08. The summed E-state index contributed by atoms with van der Waals surface area (Å²) in [7, 11) is 0. The van der Waals surface area contributed by atoms with Crippen LogP contribution in [0.1, 0.15) is 28.4 Å². The van der Waals surface area contributed by atoms with Gasteiger partial charge < -0.3 is 10.4 Å². The first-order chi connectivity index (χ1) is 9.49. The number of nitrogens with one attached hydrogen (secondary N) is 1. The van der Waals surface area contributed by atoms with Gasteiger partial charge in [-0.05, 0) is 49.1 Å². The minimum absolute atomic E-state index is 0.247. The summed E-state index contributed by atoms with van der Waals surface area (Å²) in [6.07, 6.45) is -0.659. The molecule has 2 aromatic rings. The number of para-hydroxylation sites is 1. The molecule has 2 N–H and O–H groups in total. The summed E-state index contributed by atoms with van der Waals surface area (Å²) in [6, 6.07) is 10.8. The molecule has 0 aliphatic heterocycles. The third-order valence-electron chi connectivity index (χ3n) is 3.52. The van der Waals surface area contributed by atoms with E-state index >= 15 is 0 Å². The molecule has 0 saturated heterocycles. The first kappa shape index (κ1) is 14.5. The summed E-state index contributed by atoms with van der Waals surface area (Å²) < 4.78 is 13.2. The van der Waals surface area contributed by atoms with Gasteiger partial charge in [0.25, 0.3) is 0 Å². The predicted octanol–water partition coefficient (Wildman–Crippen LogP) is 3.90. The van der Waals surface area contributed by atoms with Crippen LogP contribution in [0.2, 0.25) is 0 Å². The fraction of sp³-hybridized carbons (Fsp3) is 0.294. The largest absolute Gasteiger partial charge is 0.387 e. The number of aliphatic hydroxyl groups excluding tert-OH is 1. The third-order valence-corrected chi connectivity index (χ3v) is 3.52. The van der Waals surface area contributed by atoms with E-state index in [1.54, 1.807) is 19.1 Å². The van der Waals surface area contributed by atoms with Crippen LogP contribution in [-0.2, 0) is 0 Å². The fourth-order valence-corrected chi connectivity index (χ4v) is 2.29. The molecule has 106 valence electrons. The lowest BCUT2D eigenvalue weighted by Crippen LogP contribution is -2.13. The van der Waals surface area contributed by atoms with E-state index < -0.39 is 6.10 Å². The Kier molecular flexibility index (Phi) is 4.40. The Bertz CT molecular complexity index is 590. The zero-order valence-corrected chi connectivity index (χ0v) is 12.1. The van der Waals surface area contributed by atoms with Crippen molar-refractivity contribution in [2.75, 3.05) is 11.9 Å². The highest BCUT2D eigenvalue weighted by molar-refractivity contribution is 5.56. The molecule has 0 fully saturated rings. The maximum Gasteiger partial charge on any atom is 0.126 e. The number of halogens is 1. The van der Waals surface area contributed by atoms with E-state index in [0.717, 1.165) is 22.4 Å². The van der Waals surface area contributed by atoms with Crippen molar-refractivity contribution in [3.63, 3.8) is 0 Å². The molecule has 1 unspecified atom stereocenters. The average molecular weight is 273 g/mol. The third kappa shape index (κ3) is 3.17. The van der Waals surface area contributed by atoms with E-state index in [1.165, 1.54) is 6.07 Å². The van der Waals surface area contributed by atoms with Crippen molar-refractivity contribution < 1.29 is 9.50 Å². The Morgan fingerprint density at radius 1 is 1.05 bits per heavy atom. The number of hydrogen-bond acceptors (Lipinski definition) is 2. The molecule has 0 aromatic heterocycles. The lowest BCUT2D eigenvalue weighted by atomic mass is 10.1. The molecule has 3 heteroatoms. The zero-order valence-electron chi connectivity index (χ0n) is 12.1. The highest BCUT2D eigenvalue weighted by atomic mass is 19.1. The van der Waals surface area contributed by atoms with Crippen LogP contribution in [0.5, 0.6) is 0 Å². The van der Waals surface area contributed by atoms with Crippen molar-refractivity contribution >= 4 is 5.69 Å². The van der Waals surface area contributed by atoms with E-state index in [0.29, 0.717) is 12.1 Å². The Morgan fingerprint density at radius 3 is 2.30 bits per heavy atom. The Labute approximate surface area is 119 Å². The van der Waals surface area contributed by atoms with Gasteiger partial charge in [-0.3, -0.25) is 0 Å². The first-order valence-corrected chi connectivity index (χ1v) is 6.73. The fourth-order valence-electron chi connectivity index (χ4n) is 2.29. The second-order valence-corrected chi connectivity index (χ2v) is 5.17. The molecule has 2 nitrogen and oxygen atoms in total. The van der Waals surface area contributed by atoms with Gasteiger partial charge in [-0.2, -0.15) is 0 Å². The van der Waals surface area contributed by atoms with Gasteiger partial charge in [0.1, 0.15) is 5.82 Å². The van der Waals surface area contributed by atoms with Crippen LogP contribution in [0.3, 0.4) is 0 Å². The van der Waals surface area contributed by atoms with Gasteiger partial charge in [0.15, 0.2) is 0 Å². The molecule has 0 heterocycles. The maximum absolute atomic E-state index is 13.2. The lowest BCUT2D eigenvalue weighted by molar-refractivity contribution is 0.191. The number of rotatable bonds is 4. The van der Waals surface area contributed by atoms with Crippen molar-refractivity contribution in [1.82, 2.24) is 0 Å². The van der Waals surface area contributed by atoms with Gasteiger partial charge in [-0.15, -0.1) is 0 Å². The smallest absolute Gasteiger partial charge is 0.126 e. The SMILES string of the molecule is Cc1cc(C(O)CNc2c(C)cccc2C)ccc1F. The number of aryl methyl sites for hydroxylation is 3. The van der Waals surface area contributed by atoms with Crippen LogP contribution in [-0.4, -0.2) is 11.7 Å². The Hall–Kier alpha value is -1.87. The minimum atomic E-state index is -0.659. The molecule has 0 bridgehead atoms. The average Bonchev–Trinajstić information content (AvgIpc) is 2.41. The molecule has 0 aliphatic carbocycles. The molecule has 2 aromatic carbocycles. The van der Waals surface area contributed by atoms with Gasteiger partial charge in [0.05, 0.1) is 6.10 Å². The van der Waals surface area contributed by atoms with Crippen molar-refractivity contribution in [1.29, 1.82) is 0 Å². The Morgan fingerprint density at radius 2 is 1.70 bits per heavy atom. The zero-order chi connectivity index (χ0) is 14.7.